The predicted octanol–water partition coefficient (Wildman–Crippen LogP) is 0.946. The molecule has 1 saturated heterocycles. The van der Waals surface area contributed by atoms with Gasteiger partial charge in [0.05, 0.1) is 5.56 Å². The Morgan fingerprint density at radius 3 is 2.90 bits per heavy atom. The normalized spacial score (nSPS) is 27.3. The molecule has 20 heavy (non-hydrogen) atoms. The quantitative estimate of drug-likeness (QED) is 0.740. The molecule has 0 bridgehead atoms. The number of benzene rings is 1. The summed E-state index contributed by atoms with van der Waals surface area (Å²) < 4.78 is 11.9. The van der Waals surface area contributed by atoms with Gasteiger partial charge in [-0.25, -0.2) is 0 Å². The largest absolute Gasteiger partial charge is 0.485 e. The molecule has 5 heteroatoms. The molecule has 3 rings (SSSR count). The number of ether oxygens (including phenoxy) is 2. The van der Waals surface area contributed by atoms with E-state index in [1.54, 1.807) is 6.07 Å². The summed E-state index contributed by atoms with van der Waals surface area (Å²) in [6.07, 6.45) is 1.90. The maximum Gasteiger partial charge on any atom is 0.255 e. The average Bonchev–Trinajstić information content (AvgIpc) is 2.89. The van der Waals surface area contributed by atoms with Gasteiger partial charge in [-0.1, -0.05) is 12.1 Å². The number of carbonyl (C=O) groups is 1. The third kappa shape index (κ3) is 2.94. The monoisotopic (exact) mass is 276 g/mol. The Hall–Kier alpha value is -1.59. The van der Waals surface area contributed by atoms with Crippen LogP contribution in [-0.2, 0) is 4.74 Å². The van der Waals surface area contributed by atoms with Crippen LogP contribution in [0.3, 0.4) is 0 Å². The number of para-hydroxylation sites is 1. The van der Waals surface area contributed by atoms with Gasteiger partial charge in [-0.2, -0.15) is 0 Å². The maximum absolute atomic E-state index is 12.2. The highest BCUT2D eigenvalue weighted by atomic mass is 16.5. The second-order valence-electron chi connectivity index (χ2n) is 5.18. The van der Waals surface area contributed by atoms with Gasteiger partial charge in [0.15, 0.2) is 0 Å². The molecule has 2 heterocycles. The summed E-state index contributed by atoms with van der Waals surface area (Å²) >= 11 is 0. The summed E-state index contributed by atoms with van der Waals surface area (Å²) in [6, 6.07) is 7.38. The lowest BCUT2D eigenvalue weighted by molar-refractivity contribution is 0.000568. The fraction of sp³-hybridized carbons (Fsp3) is 0.533. The van der Waals surface area contributed by atoms with E-state index in [9.17, 15) is 4.79 Å². The summed E-state index contributed by atoms with van der Waals surface area (Å²) in [5.74, 6) is 0.567. The van der Waals surface area contributed by atoms with E-state index in [1.807, 2.05) is 18.2 Å². The van der Waals surface area contributed by atoms with E-state index in [1.165, 1.54) is 0 Å². The van der Waals surface area contributed by atoms with Crippen molar-refractivity contribution in [1.82, 2.24) is 10.6 Å². The summed E-state index contributed by atoms with van der Waals surface area (Å²) in [4.78, 5) is 12.2. The number of carbonyl (C=O) groups excluding carboxylic acids is 1. The summed E-state index contributed by atoms with van der Waals surface area (Å²) in [7, 11) is 0. The van der Waals surface area contributed by atoms with Crippen LogP contribution in [0.25, 0.3) is 0 Å². The Labute approximate surface area is 118 Å². The molecule has 0 radical (unpaired) electrons. The van der Waals surface area contributed by atoms with Gasteiger partial charge >= 0.3 is 0 Å². The third-order valence-electron chi connectivity index (χ3n) is 3.70. The summed E-state index contributed by atoms with van der Waals surface area (Å²) in [5.41, 5.74) is 0.596. The molecule has 0 saturated carbocycles. The number of hydrogen-bond donors (Lipinski definition) is 2. The van der Waals surface area contributed by atoms with Crippen molar-refractivity contribution < 1.29 is 14.3 Å². The van der Waals surface area contributed by atoms with Gasteiger partial charge in [-0.05, 0) is 25.0 Å². The van der Waals surface area contributed by atoms with Gasteiger partial charge in [0.1, 0.15) is 18.0 Å². The van der Waals surface area contributed by atoms with Crippen LogP contribution in [0.4, 0.5) is 0 Å². The molecule has 0 spiro atoms. The van der Waals surface area contributed by atoms with E-state index in [2.05, 4.69) is 10.6 Å². The molecule has 2 N–H and O–H groups in total. The maximum atomic E-state index is 12.2. The minimum atomic E-state index is -0.0652. The van der Waals surface area contributed by atoms with Gasteiger partial charge in [-0.15, -0.1) is 0 Å². The molecular weight excluding hydrogens is 256 g/mol. The van der Waals surface area contributed by atoms with Gasteiger partial charge in [0.2, 0.25) is 0 Å². The van der Waals surface area contributed by atoms with Crippen molar-refractivity contribution in [1.29, 1.82) is 0 Å². The molecule has 2 aliphatic heterocycles. The summed E-state index contributed by atoms with van der Waals surface area (Å²) in [6.45, 7) is 2.94. The van der Waals surface area contributed by atoms with Crippen molar-refractivity contribution in [2.75, 3.05) is 26.2 Å². The Bertz CT molecular complexity index is 478. The molecule has 1 fully saturated rings. The lowest BCUT2D eigenvalue weighted by Gasteiger charge is -2.23. The first-order chi connectivity index (χ1) is 9.84. The van der Waals surface area contributed by atoms with Crippen molar-refractivity contribution in [2.24, 2.45) is 0 Å². The first kappa shape index (κ1) is 13.4. The number of rotatable bonds is 0. The second-order valence-corrected chi connectivity index (χ2v) is 5.18. The smallest absolute Gasteiger partial charge is 0.255 e. The standard InChI is InChI=1S/C15H20N2O3/c18-15-11-5-1-2-6-12(11)20-14-10-16-9-13(14)19-8-4-3-7-17-15/h1-2,5-6,13-14,16H,3-4,7-10H2,(H,17,18)/t13-,14+/m0/s1. The number of nitrogens with one attached hydrogen (secondary N) is 2. The van der Waals surface area contributed by atoms with Crippen LogP contribution < -0.4 is 15.4 Å². The topological polar surface area (TPSA) is 59.6 Å². The van der Waals surface area contributed by atoms with Gasteiger partial charge in [0, 0.05) is 26.2 Å². The molecule has 0 aliphatic carbocycles. The molecule has 1 amide bonds. The Morgan fingerprint density at radius 2 is 1.95 bits per heavy atom. The zero-order valence-electron chi connectivity index (χ0n) is 11.4. The number of amides is 1. The fourth-order valence-electron chi connectivity index (χ4n) is 2.59. The van der Waals surface area contributed by atoms with Crippen molar-refractivity contribution >= 4 is 5.91 Å². The van der Waals surface area contributed by atoms with Crippen LogP contribution in [0.5, 0.6) is 5.75 Å². The molecular formula is C15H20N2O3. The Balaban J connectivity index is 1.85. The Kier molecular flexibility index (Phi) is 4.18. The van der Waals surface area contributed by atoms with E-state index in [-0.39, 0.29) is 18.1 Å². The van der Waals surface area contributed by atoms with Crippen LogP contribution in [0.1, 0.15) is 23.2 Å². The highest BCUT2D eigenvalue weighted by molar-refractivity contribution is 5.96. The van der Waals surface area contributed by atoms with Crippen LogP contribution >= 0.6 is 0 Å². The van der Waals surface area contributed by atoms with E-state index in [0.717, 1.165) is 25.9 Å². The van der Waals surface area contributed by atoms with Crippen molar-refractivity contribution in [3.63, 3.8) is 0 Å². The van der Waals surface area contributed by atoms with Crippen LogP contribution in [0.2, 0.25) is 0 Å². The fourth-order valence-corrected chi connectivity index (χ4v) is 2.59. The van der Waals surface area contributed by atoms with Crippen LogP contribution in [0, 0.1) is 0 Å². The van der Waals surface area contributed by atoms with Crippen LogP contribution in [-0.4, -0.2) is 44.4 Å². The lowest BCUT2D eigenvalue weighted by atomic mass is 10.1. The molecule has 1 aromatic rings. The number of hydrogen-bond acceptors (Lipinski definition) is 4. The zero-order chi connectivity index (χ0) is 13.8. The first-order valence-corrected chi connectivity index (χ1v) is 7.21. The van der Waals surface area contributed by atoms with Crippen molar-refractivity contribution in [2.45, 2.75) is 25.0 Å². The van der Waals surface area contributed by atoms with E-state index < -0.39 is 0 Å². The summed E-state index contributed by atoms with van der Waals surface area (Å²) in [5, 5.41) is 6.21. The molecule has 0 unspecified atom stereocenters. The second kappa shape index (κ2) is 6.24. The SMILES string of the molecule is O=C1NCCCCO[C@H]2CNC[C@H]2Oc2ccccc21. The highest BCUT2D eigenvalue weighted by Gasteiger charge is 2.30. The van der Waals surface area contributed by atoms with Crippen molar-refractivity contribution in [3.05, 3.63) is 29.8 Å². The van der Waals surface area contributed by atoms with Crippen LogP contribution in [0.15, 0.2) is 24.3 Å². The molecule has 2 atom stereocenters. The zero-order valence-corrected chi connectivity index (χ0v) is 11.4. The minimum Gasteiger partial charge on any atom is -0.485 e. The first-order valence-electron chi connectivity index (χ1n) is 7.21. The third-order valence-corrected chi connectivity index (χ3v) is 3.70. The molecule has 1 aromatic carbocycles. The lowest BCUT2D eigenvalue weighted by Crippen LogP contribution is -2.34. The highest BCUT2D eigenvalue weighted by Crippen LogP contribution is 2.22. The molecule has 0 aromatic heterocycles. The minimum absolute atomic E-state index is 0.0385. The van der Waals surface area contributed by atoms with Crippen molar-refractivity contribution in [3.8, 4) is 5.75 Å². The van der Waals surface area contributed by atoms with E-state index >= 15 is 0 Å². The van der Waals surface area contributed by atoms with Gasteiger partial charge in [0.25, 0.3) is 5.91 Å². The molecule has 108 valence electrons. The van der Waals surface area contributed by atoms with Gasteiger partial charge < -0.3 is 20.1 Å². The molecule has 2 aliphatic rings. The van der Waals surface area contributed by atoms with Gasteiger partial charge in [-0.3, -0.25) is 4.79 Å². The number of fused-ring (bicyclic) bond motifs is 2. The Morgan fingerprint density at radius 1 is 1.10 bits per heavy atom. The molecule has 5 nitrogen and oxygen atoms in total. The van der Waals surface area contributed by atoms with E-state index in [0.29, 0.717) is 24.5 Å². The predicted molar refractivity (Wildman–Crippen MR) is 75.0 cm³/mol. The average molecular weight is 276 g/mol. The van der Waals surface area contributed by atoms with E-state index in [4.69, 9.17) is 9.47 Å².